The van der Waals surface area contributed by atoms with E-state index in [0.29, 0.717) is 18.1 Å². The maximum absolute atomic E-state index is 12.1. The molecular formula is C12H15N3O4S. The Labute approximate surface area is 119 Å². The lowest BCUT2D eigenvalue weighted by Gasteiger charge is -2.14. The Morgan fingerprint density at radius 3 is 3.00 bits per heavy atom. The van der Waals surface area contributed by atoms with Gasteiger partial charge >= 0.3 is 5.97 Å². The van der Waals surface area contributed by atoms with Crippen molar-refractivity contribution in [1.29, 1.82) is 0 Å². The molecule has 7 nitrogen and oxygen atoms in total. The first-order chi connectivity index (χ1) is 9.52. The molecule has 1 aromatic rings. The summed E-state index contributed by atoms with van der Waals surface area (Å²) in [5, 5.41) is 11.9. The number of aliphatic carboxylic acids is 1. The number of nitrogens with zero attached hydrogens (tertiary/aromatic N) is 2. The number of hydrogen-bond acceptors (Lipinski definition) is 5. The van der Waals surface area contributed by atoms with Gasteiger partial charge in [0.15, 0.2) is 5.16 Å². The van der Waals surface area contributed by atoms with E-state index in [0.717, 1.165) is 5.75 Å². The Bertz CT molecular complexity index is 599. The molecule has 1 unspecified atom stereocenters. The van der Waals surface area contributed by atoms with Crippen LogP contribution < -0.4 is 10.9 Å². The Morgan fingerprint density at radius 1 is 1.60 bits per heavy atom. The van der Waals surface area contributed by atoms with Gasteiger partial charge in [-0.3, -0.25) is 19.0 Å². The number of thioether (sulfide) groups is 1. The van der Waals surface area contributed by atoms with Crippen LogP contribution in [0.4, 0.5) is 0 Å². The molecule has 8 heteroatoms. The van der Waals surface area contributed by atoms with Crippen molar-refractivity contribution in [2.75, 3.05) is 5.75 Å². The third-order valence-electron chi connectivity index (χ3n) is 3.05. The summed E-state index contributed by atoms with van der Waals surface area (Å²) in [4.78, 5) is 38.9. The Kier molecular flexibility index (Phi) is 4.43. The predicted octanol–water partition coefficient (Wildman–Crippen LogP) is 0.332. The zero-order valence-electron chi connectivity index (χ0n) is 11.0. The molecule has 1 aromatic heterocycles. The zero-order valence-corrected chi connectivity index (χ0v) is 11.8. The van der Waals surface area contributed by atoms with Crippen LogP contribution in [0.3, 0.4) is 0 Å². The van der Waals surface area contributed by atoms with Crippen molar-refractivity contribution in [2.24, 2.45) is 0 Å². The summed E-state index contributed by atoms with van der Waals surface area (Å²) in [6, 6.07) is -0.493. The lowest BCUT2D eigenvalue weighted by atomic mass is 10.1. The van der Waals surface area contributed by atoms with E-state index < -0.39 is 17.9 Å². The molecule has 20 heavy (non-hydrogen) atoms. The van der Waals surface area contributed by atoms with E-state index in [1.807, 2.05) is 0 Å². The molecule has 2 heterocycles. The van der Waals surface area contributed by atoms with Crippen LogP contribution in [-0.2, 0) is 11.3 Å². The minimum atomic E-state index is -0.989. The van der Waals surface area contributed by atoms with Crippen molar-refractivity contribution < 1.29 is 14.7 Å². The first-order valence-corrected chi connectivity index (χ1v) is 7.26. The van der Waals surface area contributed by atoms with Gasteiger partial charge in [-0.2, -0.15) is 0 Å². The number of carbonyl (C=O) groups is 2. The summed E-state index contributed by atoms with van der Waals surface area (Å²) in [7, 11) is 0. The van der Waals surface area contributed by atoms with E-state index >= 15 is 0 Å². The molecule has 0 saturated carbocycles. The van der Waals surface area contributed by atoms with Gasteiger partial charge in [-0.1, -0.05) is 18.7 Å². The standard InChI is InChI=1S/C12H15N3O4S/c1-2-7(5-9(16)17)14-10(18)8-6-13-12-15(11(8)19)3-4-20-12/h6-7H,2-5H2,1H3,(H,14,18)(H,16,17). The second kappa shape index (κ2) is 6.08. The smallest absolute Gasteiger partial charge is 0.305 e. The molecule has 0 saturated heterocycles. The number of fused-ring (bicyclic) bond motifs is 1. The van der Waals surface area contributed by atoms with E-state index in [2.05, 4.69) is 10.3 Å². The van der Waals surface area contributed by atoms with Crippen LogP contribution in [-0.4, -0.2) is 38.3 Å². The van der Waals surface area contributed by atoms with E-state index in [1.165, 1.54) is 22.5 Å². The molecule has 0 fully saturated rings. The molecule has 2 N–H and O–H groups in total. The third-order valence-corrected chi connectivity index (χ3v) is 4.02. The van der Waals surface area contributed by atoms with Crippen LogP contribution >= 0.6 is 11.8 Å². The number of aromatic nitrogens is 2. The molecule has 2 rings (SSSR count). The number of carboxylic acids is 1. The quantitative estimate of drug-likeness (QED) is 0.760. The van der Waals surface area contributed by atoms with Gasteiger partial charge in [0.05, 0.1) is 6.42 Å². The van der Waals surface area contributed by atoms with E-state index in [4.69, 9.17) is 5.11 Å². The first kappa shape index (κ1) is 14.6. The summed E-state index contributed by atoms with van der Waals surface area (Å²) in [5.41, 5.74) is -0.414. The maximum Gasteiger partial charge on any atom is 0.305 e. The Morgan fingerprint density at radius 2 is 2.35 bits per heavy atom. The van der Waals surface area contributed by atoms with Crippen molar-refractivity contribution in [3.63, 3.8) is 0 Å². The molecule has 0 aliphatic carbocycles. The monoisotopic (exact) mass is 297 g/mol. The van der Waals surface area contributed by atoms with Crippen LogP contribution in [0.15, 0.2) is 16.1 Å². The number of nitrogens with one attached hydrogen (secondary N) is 1. The normalized spacial score (nSPS) is 14.7. The van der Waals surface area contributed by atoms with Gasteiger partial charge in [0.2, 0.25) is 0 Å². The molecule has 0 aromatic carbocycles. The number of hydrogen-bond donors (Lipinski definition) is 2. The van der Waals surface area contributed by atoms with E-state index in [9.17, 15) is 14.4 Å². The highest BCUT2D eigenvalue weighted by molar-refractivity contribution is 7.99. The average molecular weight is 297 g/mol. The van der Waals surface area contributed by atoms with E-state index in [1.54, 1.807) is 6.92 Å². The maximum atomic E-state index is 12.1. The van der Waals surface area contributed by atoms with Crippen molar-refractivity contribution in [2.45, 2.75) is 37.5 Å². The van der Waals surface area contributed by atoms with Gasteiger partial charge in [-0.15, -0.1) is 0 Å². The molecule has 0 radical (unpaired) electrons. The van der Waals surface area contributed by atoms with Gasteiger partial charge in [0.1, 0.15) is 5.56 Å². The molecule has 1 aliphatic rings. The number of carbonyl (C=O) groups excluding carboxylic acids is 1. The SMILES string of the molecule is CCC(CC(=O)O)NC(=O)c1cnc2n(c1=O)CCS2. The summed E-state index contributed by atoms with van der Waals surface area (Å²) in [6.07, 6.45) is 1.57. The topological polar surface area (TPSA) is 101 Å². The summed E-state index contributed by atoms with van der Waals surface area (Å²) in [6.45, 7) is 2.32. The lowest BCUT2D eigenvalue weighted by Crippen LogP contribution is -2.40. The molecule has 1 atom stereocenters. The van der Waals surface area contributed by atoms with E-state index in [-0.39, 0.29) is 17.5 Å². The average Bonchev–Trinajstić information content (AvgIpc) is 2.86. The largest absolute Gasteiger partial charge is 0.481 e. The zero-order chi connectivity index (χ0) is 14.7. The van der Waals surface area contributed by atoms with Gasteiger partial charge in [0.25, 0.3) is 11.5 Å². The molecule has 0 bridgehead atoms. The molecule has 1 amide bonds. The fourth-order valence-corrected chi connectivity index (χ4v) is 2.86. The van der Waals surface area contributed by atoms with Gasteiger partial charge < -0.3 is 10.4 Å². The van der Waals surface area contributed by atoms with Crippen LogP contribution in [0, 0.1) is 0 Å². The van der Waals surface area contributed by atoms with Crippen LogP contribution in [0.1, 0.15) is 30.1 Å². The van der Waals surface area contributed by atoms with Gasteiger partial charge in [-0.05, 0) is 6.42 Å². The second-order valence-electron chi connectivity index (χ2n) is 4.44. The van der Waals surface area contributed by atoms with Crippen LogP contribution in [0.5, 0.6) is 0 Å². The Hall–Kier alpha value is -1.83. The second-order valence-corrected chi connectivity index (χ2v) is 5.50. The third kappa shape index (κ3) is 3.01. The predicted molar refractivity (Wildman–Crippen MR) is 73.0 cm³/mol. The highest BCUT2D eigenvalue weighted by Gasteiger charge is 2.22. The highest BCUT2D eigenvalue weighted by atomic mass is 32.2. The van der Waals surface area contributed by atoms with Crippen LogP contribution in [0.2, 0.25) is 0 Å². The summed E-state index contributed by atoms with van der Waals surface area (Å²) in [5.74, 6) is -0.788. The Balaban J connectivity index is 2.17. The van der Waals surface area contributed by atoms with Crippen molar-refractivity contribution in [3.8, 4) is 0 Å². The van der Waals surface area contributed by atoms with Crippen LogP contribution in [0.25, 0.3) is 0 Å². The minimum Gasteiger partial charge on any atom is -0.481 e. The number of carboxylic acid groups (broad SMARTS) is 1. The van der Waals surface area contributed by atoms with Gasteiger partial charge in [-0.25, -0.2) is 4.98 Å². The fourth-order valence-electron chi connectivity index (χ4n) is 1.94. The van der Waals surface area contributed by atoms with Gasteiger partial charge in [0, 0.05) is 24.5 Å². The minimum absolute atomic E-state index is 0.0416. The van der Waals surface area contributed by atoms with Crippen molar-refractivity contribution in [3.05, 3.63) is 22.1 Å². The highest BCUT2D eigenvalue weighted by Crippen LogP contribution is 2.20. The fraction of sp³-hybridized carbons (Fsp3) is 0.500. The summed E-state index contributed by atoms with van der Waals surface area (Å²) >= 11 is 1.47. The molecular weight excluding hydrogens is 282 g/mol. The lowest BCUT2D eigenvalue weighted by molar-refractivity contribution is -0.137. The summed E-state index contributed by atoms with van der Waals surface area (Å²) < 4.78 is 1.47. The van der Waals surface area contributed by atoms with Crippen molar-refractivity contribution >= 4 is 23.6 Å². The number of amides is 1. The first-order valence-electron chi connectivity index (χ1n) is 6.28. The molecule has 1 aliphatic heterocycles. The molecule has 0 spiro atoms. The molecule has 108 valence electrons. The number of rotatable bonds is 5. The van der Waals surface area contributed by atoms with Crippen molar-refractivity contribution in [1.82, 2.24) is 14.9 Å².